The Bertz CT molecular complexity index is 501. The van der Waals surface area contributed by atoms with Gasteiger partial charge in [-0.1, -0.05) is 0 Å². The number of carboxylic acid groups (broad SMARTS) is 1. The molecule has 1 aliphatic rings. The molecule has 3 N–H and O–H groups in total. The molecule has 0 saturated carbocycles. The van der Waals surface area contributed by atoms with E-state index in [1.165, 1.54) is 4.90 Å². The van der Waals surface area contributed by atoms with Crippen LogP contribution in [0.2, 0.25) is 0 Å². The molecule has 1 heterocycles. The number of hydrogen-bond acceptors (Lipinski definition) is 4. The van der Waals surface area contributed by atoms with Crippen LogP contribution in [-0.4, -0.2) is 55.0 Å². The van der Waals surface area contributed by atoms with E-state index in [0.717, 1.165) is 11.3 Å². The Labute approximate surface area is 116 Å². The Kier molecular flexibility index (Phi) is 4.41. The normalized spacial score (nSPS) is 19.8. The molecule has 1 atom stereocenters. The Morgan fingerprint density at radius 1 is 1.50 bits per heavy atom. The summed E-state index contributed by atoms with van der Waals surface area (Å²) in [7, 11) is 1.59. The molecule has 2 rings (SSSR count). The van der Waals surface area contributed by atoms with Gasteiger partial charge in [0, 0.05) is 12.1 Å². The first-order valence-corrected chi connectivity index (χ1v) is 6.17. The third kappa shape index (κ3) is 3.39. The Balaban J connectivity index is 2.06. The number of methoxy groups -OCH3 is 1. The lowest BCUT2D eigenvalue weighted by molar-refractivity contribution is -0.0168. The molecule has 0 radical (unpaired) electrons. The van der Waals surface area contributed by atoms with Crippen LogP contribution in [0.25, 0.3) is 0 Å². The van der Waals surface area contributed by atoms with Crippen molar-refractivity contribution in [2.75, 3.05) is 26.8 Å². The summed E-state index contributed by atoms with van der Waals surface area (Å²) in [6.07, 6.45) is -1.54. The van der Waals surface area contributed by atoms with Gasteiger partial charge in [0.05, 0.1) is 20.3 Å². The van der Waals surface area contributed by atoms with Crippen LogP contribution >= 0.6 is 0 Å². The number of ether oxygens (including phenoxy) is 2. The van der Waals surface area contributed by atoms with Crippen molar-refractivity contribution in [3.63, 3.8) is 0 Å². The SMILES string of the molecule is COc1ccc(/C(N)=N/C2CN(C(=O)O)CCO2)cc1. The van der Waals surface area contributed by atoms with Crippen molar-refractivity contribution in [1.29, 1.82) is 0 Å². The van der Waals surface area contributed by atoms with E-state index in [1.54, 1.807) is 31.4 Å². The molecule has 1 aliphatic heterocycles. The fraction of sp³-hybridized carbons (Fsp3) is 0.385. The van der Waals surface area contributed by atoms with Gasteiger partial charge in [0.25, 0.3) is 0 Å². The lowest BCUT2D eigenvalue weighted by Gasteiger charge is -2.28. The Morgan fingerprint density at radius 2 is 2.20 bits per heavy atom. The van der Waals surface area contributed by atoms with Crippen LogP contribution in [0.1, 0.15) is 5.56 Å². The average molecular weight is 279 g/mol. The second-order valence-corrected chi connectivity index (χ2v) is 4.30. The van der Waals surface area contributed by atoms with Crippen LogP contribution in [0.3, 0.4) is 0 Å². The predicted molar refractivity (Wildman–Crippen MR) is 73.1 cm³/mol. The van der Waals surface area contributed by atoms with E-state index in [9.17, 15) is 4.79 Å². The molecule has 0 aromatic heterocycles. The van der Waals surface area contributed by atoms with E-state index in [2.05, 4.69) is 4.99 Å². The highest BCUT2D eigenvalue weighted by Gasteiger charge is 2.23. The van der Waals surface area contributed by atoms with Crippen LogP contribution in [-0.2, 0) is 4.74 Å². The van der Waals surface area contributed by atoms with Crippen molar-refractivity contribution in [3.8, 4) is 5.75 Å². The standard InChI is InChI=1S/C13H17N3O4/c1-19-10-4-2-9(3-5-10)12(14)15-11-8-16(13(17)18)6-7-20-11/h2-5,11H,6-8H2,1H3,(H2,14,15)(H,17,18). The highest BCUT2D eigenvalue weighted by molar-refractivity contribution is 5.97. The predicted octanol–water partition coefficient (Wildman–Crippen LogP) is 0.737. The minimum absolute atomic E-state index is 0.187. The molecule has 108 valence electrons. The molecule has 1 amide bonds. The molecule has 1 aromatic rings. The monoisotopic (exact) mass is 279 g/mol. The number of morpholine rings is 1. The maximum absolute atomic E-state index is 10.9. The summed E-state index contributed by atoms with van der Waals surface area (Å²) in [6, 6.07) is 7.14. The summed E-state index contributed by atoms with van der Waals surface area (Å²) >= 11 is 0. The van der Waals surface area contributed by atoms with Gasteiger partial charge < -0.3 is 25.2 Å². The van der Waals surface area contributed by atoms with Gasteiger partial charge in [-0.15, -0.1) is 0 Å². The molecule has 20 heavy (non-hydrogen) atoms. The first-order valence-electron chi connectivity index (χ1n) is 6.17. The average Bonchev–Trinajstić information content (AvgIpc) is 2.47. The van der Waals surface area contributed by atoms with E-state index in [1.807, 2.05) is 0 Å². The van der Waals surface area contributed by atoms with Gasteiger partial charge >= 0.3 is 6.09 Å². The van der Waals surface area contributed by atoms with Crippen molar-refractivity contribution in [1.82, 2.24) is 4.90 Å². The molecular formula is C13H17N3O4. The largest absolute Gasteiger partial charge is 0.497 e. The number of hydrogen-bond donors (Lipinski definition) is 2. The van der Waals surface area contributed by atoms with E-state index < -0.39 is 12.3 Å². The summed E-state index contributed by atoms with van der Waals surface area (Å²) in [6.45, 7) is 0.854. The van der Waals surface area contributed by atoms with Crippen molar-refractivity contribution < 1.29 is 19.4 Å². The van der Waals surface area contributed by atoms with Gasteiger partial charge in [-0.25, -0.2) is 9.79 Å². The second kappa shape index (κ2) is 6.25. The number of benzene rings is 1. The van der Waals surface area contributed by atoms with Crippen molar-refractivity contribution in [2.45, 2.75) is 6.23 Å². The highest BCUT2D eigenvalue weighted by Crippen LogP contribution is 2.12. The molecule has 1 fully saturated rings. The molecule has 1 aromatic carbocycles. The van der Waals surface area contributed by atoms with Gasteiger partial charge in [0.2, 0.25) is 0 Å². The number of rotatable bonds is 3. The summed E-state index contributed by atoms with van der Waals surface area (Å²) < 4.78 is 10.5. The van der Waals surface area contributed by atoms with E-state index in [-0.39, 0.29) is 6.54 Å². The summed E-state index contributed by atoms with van der Waals surface area (Å²) in [5.41, 5.74) is 6.64. The van der Waals surface area contributed by atoms with Crippen molar-refractivity contribution >= 4 is 11.9 Å². The Hall–Kier alpha value is -2.28. The van der Waals surface area contributed by atoms with Gasteiger partial charge in [-0.2, -0.15) is 0 Å². The van der Waals surface area contributed by atoms with Crippen LogP contribution in [0.4, 0.5) is 4.79 Å². The maximum Gasteiger partial charge on any atom is 0.407 e. The number of amides is 1. The van der Waals surface area contributed by atoms with Crippen LogP contribution in [0.5, 0.6) is 5.75 Å². The molecule has 7 heteroatoms. The fourth-order valence-corrected chi connectivity index (χ4v) is 1.87. The lowest BCUT2D eigenvalue weighted by atomic mass is 10.2. The minimum atomic E-state index is -0.975. The van der Waals surface area contributed by atoms with Crippen molar-refractivity contribution in [3.05, 3.63) is 29.8 Å². The number of carbonyl (C=O) groups is 1. The smallest absolute Gasteiger partial charge is 0.407 e. The first kappa shape index (κ1) is 14.1. The molecule has 0 aliphatic carbocycles. The zero-order valence-electron chi connectivity index (χ0n) is 11.2. The molecule has 0 bridgehead atoms. The quantitative estimate of drug-likeness (QED) is 0.628. The third-order valence-electron chi connectivity index (χ3n) is 2.99. The topological polar surface area (TPSA) is 97.4 Å². The van der Waals surface area contributed by atoms with Crippen LogP contribution in [0, 0.1) is 0 Å². The van der Waals surface area contributed by atoms with E-state index in [0.29, 0.717) is 19.0 Å². The molecule has 7 nitrogen and oxygen atoms in total. The maximum atomic E-state index is 10.9. The van der Waals surface area contributed by atoms with Gasteiger partial charge in [0.15, 0.2) is 6.23 Å². The number of nitrogens with zero attached hydrogens (tertiary/aromatic N) is 2. The van der Waals surface area contributed by atoms with Crippen LogP contribution in [0.15, 0.2) is 29.3 Å². The second-order valence-electron chi connectivity index (χ2n) is 4.30. The van der Waals surface area contributed by atoms with E-state index >= 15 is 0 Å². The van der Waals surface area contributed by atoms with Gasteiger partial charge in [-0.05, 0) is 24.3 Å². The summed E-state index contributed by atoms with van der Waals surface area (Å²) in [5, 5.41) is 8.94. The molecule has 0 spiro atoms. The lowest BCUT2D eigenvalue weighted by Crippen LogP contribution is -2.44. The van der Waals surface area contributed by atoms with E-state index in [4.69, 9.17) is 20.3 Å². The third-order valence-corrected chi connectivity index (χ3v) is 2.99. The van der Waals surface area contributed by atoms with Crippen molar-refractivity contribution in [2.24, 2.45) is 10.7 Å². The summed E-state index contributed by atoms with van der Waals surface area (Å²) in [5.74, 6) is 1.04. The molecular weight excluding hydrogens is 262 g/mol. The van der Waals surface area contributed by atoms with Gasteiger partial charge in [0.1, 0.15) is 11.6 Å². The zero-order chi connectivity index (χ0) is 14.5. The zero-order valence-corrected chi connectivity index (χ0v) is 11.2. The Morgan fingerprint density at radius 3 is 2.80 bits per heavy atom. The van der Waals surface area contributed by atoms with Crippen LogP contribution < -0.4 is 10.5 Å². The van der Waals surface area contributed by atoms with Gasteiger partial charge in [-0.3, -0.25) is 0 Å². The number of aliphatic imine (C=N–C) groups is 1. The number of nitrogens with two attached hydrogens (primary N) is 1. The molecule has 1 saturated heterocycles. The first-order chi connectivity index (χ1) is 9.60. The number of amidine groups is 1. The summed E-state index contributed by atoms with van der Waals surface area (Å²) in [4.78, 5) is 16.4. The molecule has 1 unspecified atom stereocenters. The fourth-order valence-electron chi connectivity index (χ4n) is 1.87. The minimum Gasteiger partial charge on any atom is -0.497 e. The highest BCUT2D eigenvalue weighted by atomic mass is 16.5.